The van der Waals surface area contributed by atoms with E-state index >= 15 is 0 Å². The fourth-order valence-corrected chi connectivity index (χ4v) is 5.58. The first kappa shape index (κ1) is 18.1. The number of nitrogens with zero attached hydrogens (tertiary/aromatic N) is 1. The van der Waals surface area contributed by atoms with Gasteiger partial charge in [0.15, 0.2) is 0 Å². The van der Waals surface area contributed by atoms with Crippen LogP contribution in [0.4, 0.5) is 11.4 Å². The second kappa shape index (κ2) is 6.55. The molecule has 3 aliphatic rings. The lowest BCUT2D eigenvalue weighted by molar-refractivity contribution is -0.123. The first-order valence-corrected chi connectivity index (χ1v) is 10.3. The summed E-state index contributed by atoms with van der Waals surface area (Å²) >= 11 is 0. The standard InChI is InChI=1S/C24H24N2O3/c1-13-6-5-8-18(14(13)2)25-22(27)17-7-3-4-9-19(17)26-23(28)20-15-10-11-16(12-15)21(20)24(26)29/h3-9,15-16,20-21H,10-12H2,1-2H3,(H,25,27)/t15-,16-,20-,21+/m0/s1. The highest BCUT2D eigenvalue weighted by atomic mass is 16.2. The van der Waals surface area contributed by atoms with E-state index in [0.717, 1.165) is 36.1 Å². The van der Waals surface area contributed by atoms with Crippen LogP contribution < -0.4 is 10.2 Å². The number of benzene rings is 2. The van der Waals surface area contributed by atoms with Gasteiger partial charge in [-0.05, 0) is 74.3 Å². The molecule has 1 heterocycles. The van der Waals surface area contributed by atoms with Gasteiger partial charge in [-0.25, -0.2) is 4.90 Å². The number of fused-ring (bicyclic) bond motifs is 5. The highest BCUT2D eigenvalue weighted by Gasteiger charge is 2.61. The van der Waals surface area contributed by atoms with E-state index < -0.39 is 0 Å². The van der Waals surface area contributed by atoms with E-state index in [1.54, 1.807) is 24.3 Å². The van der Waals surface area contributed by atoms with Gasteiger partial charge in [-0.15, -0.1) is 0 Å². The molecule has 0 radical (unpaired) electrons. The highest BCUT2D eigenvalue weighted by Crippen LogP contribution is 2.56. The van der Waals surface area contributed by atoms with Crippen molar-refractivity contribution in [2.45, 2.75) is 33.1 Å². The molecule has 5 rings (SSSR count). The third-order valence-corrected chi connectivity index (χ3v) is 7.17. The molecule has 0 aromatic heterocycles. The van der Waals surface area contributed by atoms with Gasteiger partial charge in [0.1, 0.15) is 0 Å². The Kier molecular flexibility index (Phi) is 4.09. The number of hydrogen-bond acceptors (Lipinski definition) is 3. The lowest BCUT2D eigenvalue weighted by Gasteiger charge is -2.20. The third-order valence-electron chi connectivity index (χ3n) is 7.17. The highest BCUT2D eigenvalue weighted by molar-refractivity contribution is 6.25. The van der Waals surface area contributed by atoms with Crippen LogP contribution in [0.2, 0.25) is 0 Å². The Hall–Kier alpha value is -2.95. The largest absolute Gasteiger partial charge is 0.322 e. The molecule has 5 heteroatoms. The number of amides is 3. The molecule has 2 aromatic rings. The fourth-order valence-electron chi connectivity index (χ4n) is 5.58. The monoisotopic (exact) mass is 388 g/mol. The van der Waals surface area contributed by atoms with Crippen LogP contribution in [0.3, 0.4) is 0 Å². The Morgan fingerprint density at radius 2 is 1.59 bits per heavy atom. The van der Waals surface area contributed by atoms with E-state index in [-0.39, 0.29) is 29.6 Å². The maximum atomic E-state index is 13.2. The number of aryl methyl sites for hydroxylation is 1. The molecule has 3 amide bonds. The number of carbonyl (C=O) groups is 3. The molecule has 4 atom stereocenters. The maximum Gasteiger partial charge on any atom is 0.257 e. The molecule has 1 N–H and O–H groups in total. The van der Waals surface area contributed by atoms with Crippen molar-refractivity contribution in [3.8, 4) is 0 Å². The molecule has 0 spiro atoms. The van der Waals surface area contributed by atoms with Crippen LogP contribution in [0.5, 0.6) is 0 Å². The Balaban J connectivity index is 1.49. The minimum Gasteiger partial charge on any atom is -0.322 e. The zero-order valence-corrected chi connectivity index (χ0v) is 16.6. The predicted molar refractivity (Wildman–Crippen MR) is 111 cm³/mol. The summed E-state index contributed by atoms with van der Waals surface area (Å²) in [6, 6.07) is 12.7. The minimum atomic E-state index is -0.310. The Morgan fingerprint density at radius 1 is 0.931 bits per heavy atom. The smallest absolute Gasteiger partial charge is 0.257 e. The number of rotatable bonds is 3. The summed E-state index contributed by atoms with van der Waals surface area (Å²) in [7, 11) is 0. The molecule has 1 aliphatic heterocycles. The lowest BCUT2D eigenvalue weighted by atomic mass is 9.81. The van der Waals surface area contributed by atoms with Crippen LogP contribution in [0.15, 0.2) is 42.5 Å². The van der Waals surface area contributed by atoms with Gasteiger partial charge in [-0.2, -0.15) is 0 Å². The van der Waals surface area contributed by atoms with Crippen molar-refractivity contribution >= 4 is 29.1 Å². The minimum absolute atomic E-state index is 0.126. The summed E-state index contributed by atoms with van der Waals surface area (Å²) in [4.78, 5) is 40.8. The SMILES string of the molecule is Cc1cccc(NC(=O)c2ccccc2N2C(=O)[C@@H]3[C@H]4CC[C@@H](C4)[C@@H]3C2=O)c1C. The normalized spacial score (nSPS) is 27.4. The van der Waals surface area contributed by atoms with Crippen LogP contribution in [0.25, 0.3) is 0 Å². The second-order valence-electron chi connectivity index (χ2n) is 8.62. The van der Waals surface area contributed by atoms with Crippen LogP contribution in [-0.2, 0) is 9.59 Å². The van der Waals surface area contributed by atoms with Crippen molar-refractivity contribution in [3.63, 3.8) is 0 Å². The van der Waals surface area contributed by atoms with Gasteiger partial charge in [-0.3, -0.25) is 14.4 Å². The summed E-state index contributed by atoms with van der Waals surface area (Å²) in [6.07, 6.45) is 3.07. The topological polar surface area (TPSA) is 66.5 Å². The van der Waals surface area contributed by atoms with E-state index in [1.165, 1.54) is 4.90 Å². The van der Waals surface area contributed by atoms with E-state index in [2.05, 4.69) is 5.32 Å². The first-order valence-electron chi connectivity index (χ1n) is 10.3. The summed E-state index contributed by atoms with van der Waals surface area (Å²) in [5, 5.41) is 2.95. The molecule has 2 aliphatic carbocycles. The number of hydrogen-bond donors (Lipinski definition) is 1. The lowest BCUT2D eigenvalue weighted by Crippen LogP contribution is -2.34. The number of carbonyl (C=O) groups excluding carboxylic acids is 3. The Morgan fingerprint density at radius 3 is 2.28 bits per heavy atom. The van der Waals surface area contributed by atoms with Gasteiger partial charge >= 0.3 is 0 Å². The molecule has 2 bridgehead atoms. The molecular formula is C24H24N2O3. The molecular weight excluding hydrogens is 364 g/mol. The van der Waals surface area contributed by atoms with E-state index in [9.17, 15) is 14.4 Å². The van der Waals surface area contributed by atoms with E-state index in [4.69, 9.17) is 0 Å². The Labute approximate surface area is 170 Å². The molecule has 29 heavy (non-hydrogen) atoms. The molecule has 2 aromatic carbocycles. The average molecular weight is 388 g/mol. The molecule has 148 valence electrons. The quantitative estimate of drug-likeness (QED) is 0.806. The molecule has 5 nitrogen and oxygen atoms in total. The van der Waals surface area contributed by atoms with Crippen molar-refractivity contribution in [1.29, 1.82) is 0 Å². The van der Waals surface area contributed by atoms with Crippen molar-refractivity contribution in [1.82, 2.24) is 0 Å². The summed E-state index contributed by atoms with van der Waals surface area (Å²) < 4.78 is 0. The number of anilines is 2. The van der Waals surface area contributed by atoms with Gasteiger partial charge in [0.2, 0.25) is 11.8 Å². The van der Waals surface area contributed by atoms with Crippen LogP contribution >= 0.6 is 0 Å². The molecule has 3 fully saturated rings. The predicted octanol–water partition coefficient (Wildman–Crippen LogP) is 4.09. The summed E-state index contributed by atoms with van der Waals surface area (Å²) in [5.74, 6) is -0.314. The molecule has 0 unspecified atom stereocenters. The van der Waals surface area contributed by atoms with Crippen molar-refractivity contribution < 1.29 is 14.4 Å². The van der Waals surface area contributed by atoms with Crippen molar-refractivity contribution in [3.05, 3.63) is 59.2 Å². The van der Waals surface area contributed by atoms with Gasteiger partial charge in [0, 0.05) is 5.69 Å². The first-order chi connectivity index (χ1) is 14.0. The van der Waals surface area contributed by atoms with Crippen LogP contribution in [0, 0.1) is 37.5 Å². The van der Waals surface area contributed by atoms with Gasteiger partial charge in [-0.1, -0.05) is 24.3 Å². The average Bonchev–Trinajstić information content (AvgIpc) is 3.39. The zero-order chi connectivity index (χ0) is 20.3. The molecule has 2 saturated carbocycles. The van der Waals surface area contributed by atoms with Crippen LogP contribution in [0.1, 0.15) is 40.7 Å². The zero-order valence-electron chi connectivity index (χ0n) is 16.6. The summed E-state index contributed by atoms with van der Waals surface area (Å²) in [5.41, 5.74) is 3.57. The van der Waals surface area contributed by atoms with Gasteiger partial charge in [0.05, 0.1) is 23.1 Å². The summed E-state index contributed by atoms with van der Waals surface area (Å²) in [6.45, 7) is 3.95. The van der Waals surface area contributed by atoms with Crippen molar-refractivity contribution in [2.24, 2.45) is 23.7 Å². The van der Waals surface area contributed by atoms with E-state index in [1.807, 2.05) is 32.0 Å². The fraction of sp³-hybridized carbons (Fsp3) is 0.375. The Bertz CT molecular complexity index is 1020. The number of para-hydroxylation sites is 1. The van der Waals surface area contributed by atoms with E-state index in [0.29, 0.717) is 23.1 Å². The number of imide groups is 1. The van der Waals surface area contributed by atoms with Gasteiger partial charge < -0.3 is 5.32 Å². The third kappa shape index (κ3) is 2.64. The van der Waals surface area contributed by atoms with Crippen LogP contribution in [-0.4, -0.2) is 17.7 Å². The van der Waals surface area contributed by atoms with Gasteiger partial charge in [0.25, 0.3) is 5.91 Å². The number of nitrogens with one attached hydrogen (secondary N) is 1. The maximum absolute atomic E-state index is 13.2. The second-order valence-corrected chi connectivity index (χ2v) is 8.62. The molecule has 1 saturated heterocycles. The van der Waals surface area contributed by atoms with Crippen molar-refractivity contribution in [2.75, 3.05) is 10.2 Å².